The number of rotatable bonds is 5. The van der Waals surface area contributed by atoms with Gasteiger partial charge in [0.05, 0.1) is 16.9 Å². The number of para-hydroxylation sites is 1. The Hall–Kier alpha value is -2.76. The quantitative estimate of drug-likeness (QED) is 0.230. The first-order valence-corrected chi connectivity index (χ1v) is 14.0. The number of likely N-dealkylation sites (tertiary alicyclic amines) is 1. The number of esters is 1. The normalized spacial score (nSPS) is 24.1. The molecule has 1 heterocycles. The number of nitro groups is 1. The molecule has 0 N–H and O–H groups in total. The van der Waals surface area contributed by atoms with Gasteiger partial charge in [-0.2, -0.15) is 0 Å². The highest BCUT2D eigenvalue weighted by atomic mass is 28.3. The first kappa shape index (κ1) is 22.9. The van der Waals surface area contributed by atoms with E-state index in [0.717, 1.165) is 0 Å². The molecule has 0 bridgehead atoms. The fraction of sp³-hybridized carbons (Fsp3) is 0.478. The van der Waals surface area contributed by atoms with Crippen LogP contribution in [0, 0.1) is 22.0 Å². The second kappa shape index (κ2) is 8.77. The highest BCUT2D eigenvalue weighted by Crippen LogP contribution is 2.47. The lowest BCUT2D eigenvalue weighted by Gasteiger charge is -2.37. The molecule has 1 fully saturated rings. The fourth-order valence-corrected chi connectivity index (χ4v) is 5.57. The first-order chi connectivity index (χ1) is 14.6. The highest BCUT2D eigenvalue weighted by molar-refractivity contribution is 6.78. The van der Waals surface area contributed by atoms with Crippen molar-refractivity contribution >= 4 is 25.5 Å². The van der Waals surface area contributed by atoms with Crippen molar-refractivity contribution in [1.82, 2.24) is 4.90 Å². The summed E-state index contributed by atoms with van der Waals surface area (Å²) in [6, 6.07) is 6.35. The number of benzene rings is 1. The van der Waals surface area contributed by atoms with Crippen molar-refractivity contribution in [1.29, 1.82) is 0 Å². The van der Waals surface area contributed by atoms with E-state index in [1.165, 1.54) is 13.0 Å². The Morgan fingerprint density at radius 2 is 2.10 bits per heavy atom. The van der Waals surface area contributed by atoms with Gasteiger partial charge >= 0.3 is 5.97 Å². The minimum Gasteiger partial charge on any atom is -0.454 e. The Morgan fingerprint density at radius 1 is 1.39 bits per heavy atom. The molecule has 7 nitrogen and oxygen atoms in total. The molecule has 1 unspecified atom stereocenters. The molecular weight excluding hydrogens is 412 g/mol. The van der Waals surface area contributed by atoms with Crippen LogP contribution in [0.15, 0.2) is 36.4 Å². The molecule has 1 aliphatic carbocycles. The largest absolute Gasteiger partial charge is 0.454 e. The van der Waals surface area contributed by atoms with Crippen LogP contribution in [0.4, 0.5) is 5.69 Å². The van der Waals surface area contributed by atoms with E-state index >= 15 is 0 Å². The average Bonchev–Trinajstić information content (AvgIpc) is 3.07. The number of nitrogens with zero attached hydrogens (tertiary/aromatic N) is 2. The minimum absolute atomic E-state index is 0.0160. The third-order valence-electron chi connectivity index (χ3n) is 6.04. The predicted molar refractivity (Wildman–Crippen MR) is 120 cm³/mol. The third kappa shape index (κ3) is 4.48. The SMILES string of the molecule is CC(=O)OC(C#CCN1CC[C@]2(c3ccccc3[N+](=O)[O-])C(=O)C=CC[C@H]12)[Si](C)(C)C. The summed E-state index contributed by atoms with van der Waals surface area (Å²) in [5.74, 6) is 5.84. The minimum atomic E-state index is -1.83. The van der Waals surface area contributed by atoms with Crippen molar-refractivity contribution < 1.29 is 19.2 Å². The molecule has 1 aromatic carbocycles. The van der Waals surface area contributed by atoms with E-state index in [-0.39, 0.29) is 23.5 Å². The summed E-state index contributed by atoms with van der Waals surface area (Å²) in [4.78, 5) is 38.0. The molecule has 3 atom stereocenters. The topological polar surface area (TPSA) is 89.8 Å². The number of ketones is 1. The molecule has 1 saturated heterocycles. The molecular formula is C23H28N2O5Si. The van der Waals surface area contributed by atoms with Crippen LogP contribution in [0.25, 0.3) is 0 Å². The average molecular weight is 441 g/mol. The van der Waals surface area contributed by atoms with Crippen LogP contribution < -0.4 is 0 Å². The molecule has 164 valence electrons. The lowest BCUT2D eigenvalue weighted by Crippen LogP contribution is -2.49. The van der Waals surface area contributed by atoms with Gasteiger partial charge in [0.1, 0.15) is 13.8 Å². The predicted octanol–water partition coefficient (Wildman–Crippen LogP) is 3.25. The summed E-state index contributed by atoms with van der Waals surface area (Å²) in [5.41, 5.74) is -0.873. The molecule has 8 heteroatoms. The van der Waals surface area contributed by atoms with Gasteiger partial charge in [0.25, 0.3) is 5.69 Å². The fourth-order valence-electron chi connectivity index (χ4n) is 4.52. The Labute approximate surface area is 183 Å². The summed E-state index contributed by atoms with van der Waals surface area (Å²) in [6.45, 7) is 8.69. The summed E-state index contributed by atoms with van der Waals surface area (Å²) >= 11 is 0. The second-order valence-corrected chi connectivity index (χ2v) is 14.4. The number of nitro benzene ring substituents is 1. The van der Waals surface area contributed by atoms with E-state index in [1.807, 2.05) is 6.08 Å². The van der Waals surface area contributed by atoms with Crippen molar-refractivity contribution in [2.75, 3.05) is 13.1 Å². The molecule has 1 aliphatic heterocycles. The van der Waals surface area contributed by atoms with Gasteiger partial charge in [0, 0.05) is 31.1 Å². The molecule has 0 radical (unpaired) electrons. The summed E-state index contributed by atoms with van der Waals surface area (Å²) in [5, 5.41) is 11.7. The zero-order valence-corrected chi connectivity index (χ0v) is 19.4. The van der Waals surface area contributed by atoms with Gasteiger partial charge in [0.15, 0.2) is 5.78 Å². The van der Waals surface area contributed by atoms with Crippen molar-refractivity contribution in [3.05, 3.63) is 52.1 Å². The molecule has 2 aliphatic rings. The van der Waals surface area contributed by atoms with Crippen molar-refractivity contribution in [2.24, 2.45) is 0 Å². The molecule has 0 spiro atoms. The van der Waals surface area contributed by atoms with Crippen LogP contribution in [0.1, 0.15) is 25.3 Å². The first-order valence-electron chi connectivity index (χ1n) is 10.4. The van der Waals surface area contributed by atoms with Crippen LogP contribution in [-0.4, -0.2) is 54.5 Å². The van der Waals surface area contributed by atoms with E-state index in [2.05, 4.69) is 36.4 Å². The Bertz CT molecular complexity index is 988. The van der Waals surface area contributed by atoms with Crippen LogP contribution >= 0.6 is 0 Å². The molecule has 1 aromatic rings. The van der Waals surface area contributed by atoms with Gasteiger partial charge in [-0.25, -0.2) is 0 Å². The van der Waals surface area contributed by atoms with Crippen LogP contribution in [-0.2, 0) is 19.7 Å². The highest BCUT2D eigenvalue weighted by Gasteiger charge is 2.55. The van der Waals surface area contributed by atoms with Gasteiger partial charge < -0.3 is 4.74 Å². The number of hydrogen-bond donors (Lipinski definition) is 0. The summed E-state index contributed by atoms with van der Waals surface area (Å²) in [6.07, 6.45) is 4.54. The number of ether oxygens (including phenoxy) is 1. The van der Waals surface area contributed by atoms with E-state index in [4.69, 9.17) is 4.74 Å². The van der Waals surface area contributed by atoms with E-state index in [9.17, 15) is 19.7 Å². The van der Waals surface area contributed by atoms with Gasteiger partial charge in [-0.3, -0.25) is 24.6 Å². The monoisotopic (exact) mass is 440 g/mol. The maximum atomic E-state index is 13.1. The molecule has 0 aromatic heterocycles. The molecule has 0 saturated carbocycles. The van der Waals surface area contributed by atoms with Gasteiger partial charge in [-0.15, -0.1) is 0 Å². The number of hydrogen-bond acceptors (Lipinski definition) is 6. The van der Waals surface area contributed by atoms with Gasteiger partial charge in [-0.1, -0.05) is 55.8 Å². The number of carbonyl (C=O) groups excluding carboxylic acids is 2. The zero-order chi connectivity index (χ0) is 22.8. The summed E-state index contributed by atoms with van der Waals surface area (Å²) < 4.78 is 5.42. The zero-order valence-electron chi connectivity index (χ0n) is 18.4. The Morgan fingerprint density at radius 3 is 2.74 bits per heavy atom. The van der Waals surface area contributed by atoms with Crippen molar-refractivity contribution in [3.8, 4) is 11.8 Å². The smallest absolute Gasteiger partial charge is 0.303 e. The lowest BCUT2D eigenvalue weighted by atomic mass is 9.67. The van der Waals surface area contributed by atoms with Crippen LogP contribution in [0.3, 0.4) is 0 Å². The van der Waals surface area contributed by atoms with E-state index < -0.39 is 24.1 Å². The Kier molecular flexibility index (Phi) is 6.48. The molecule has 31 heavy (non-hydrogen) atoms. The number of fused-ring (bicyclic) bond motifs is 1. The van der Waals surface area contributed by atoms with E-state index in [1.54, 1.807) is 24.3 Å². The number of allylic oxidation sites excluding steroid dienone is 1. The number of carbonyl (C=O) groups is 2. The summed E-state index contributed by atoms with van der Waals surface area (Å²) in [7, 11) is -1.83. The lowest BCUT2D eigenvalue weighted by molar-refractivity contribution is -0.386. The molecule has 0 amide bonds. The standard InChI is InChI=1S/C23H28N2O5Si/c1-17(26)30-22(31(2,3)4)13-8-15-24-16-14-23(20(24)11-7-12-21(23)27)18-9-5-6-10-19(18)25(28)29/h5-7,9-10,12,20,22H,11,14-16H2,1-4H3/t20-,22?,23+/m0/s1. The third-order valence-corrected chi connectivity index (χ3v) is 7.87. The van der Waals surface area contributed by atoms with Crippen molar-refractivity contribution in [2.45, 2.75) is 56.6 Å². The van der Waals surface area contributed by atoms with Gasteiger partial charge in [-0.05, 0) is 18.9 Å². The van der Waals surface area contributed by atoms with Crippen LogP contribution in [0.2, 0.25) is 19.6 Å². The van der Waals surface area contributed by atoms with Crippen LogP contribution in [0.5, 0.6) is 0 Å². The second-order valence-electron chi connectivity index (χ2n) is 9.16. The van der Waals surface area contributed by atoms with Gasteiger partial charge in [0.2, 0.25) is 0 Å². The van der Waals surface area contributed by atoms with E-state index in [0.29, 0.717) is 31.5 Å². The molecule has 3 rings (SSSR count). The van der Waals surface area contributed by atoms with Crippen molar-refractivity contribution in [3.63, 3.8) is 0 Å². The maximum absolute atomic E-state index is 13.1. The maximum Gasteiger partial charge on any atom is 0.303 e. The Balaban J connectivity index is 1.91.